The Morgan fingerprint density at radius 2 is 1.71 bits per heavy atom. The number of likely N-dealkylation sites (N-methyl/N-ethyl adjacent to an activating group) is 1. The van der Waals surface area contributed by atoms with Gasteiger partial charge in [0.25, 0.3) is 0 Å². The monoisotopic (exact) mass is 405 g/mol. The number of nitrogens with one attached hydrogen (secondary N) is 3. The Labute approximate surface area is 165 Å². The summed E-state index contributed by atoms with van der Waals surface area (Å²) in [4.78, 5) is 3.19. The van der Waals surface area contributed by atoms with Crippen molar-refractivity contribution in [2.75, 3.05) is 46.6 Å². The van der Waals surface area contributed by atoms with Gasteiger partial charge in [0, 0.05) is 5.56 Å². The van der Waals surface area contributed by atoms with Crippen LogP contribution in [0, 0.1) is 0 Å². The second-order valence-electron chi connectivity index (χ2n) is 7.45. The molecule has 1 fully saturated rings. The zero-order valence-electron chi connectivity index (χ0n) is 16.0. The second-order valence-corrected chi connectivity index (χ2v) is 9.21. The summed E-state index contributed by atoms with van der Waals surface area (Å²) < 4.78 is 39.2. The van der Waals surface area contributed by atoms with Gasteiger partial charge in [-0.05, 0) is 30.3 Å². The molecule has 7 nitrogen and oxygen atoms in total. The van der Waals surface area contributed by atoms with E-state index >= 15 is 0 Å². The van der Waals surface area contributed by atoms with Crippen LogP contribution >= 0.6 is 0 Å². The van der Waals surface area contributed by atoms with E-state index in [0.717, 1.165) is 43.2 Å². The molecule has 0 spiro atoms. The van der Waals surface area contributed by atoms with Crippen molar-refractivity contribution >= 4 is 10.0 Å². The molecule has 0 radical (unpaired) electrons. The molecule has 150 valence electrons. The first-order valence-corrected chi connectivity index (χ1v) is 11.1. The lowest BCUT2D eigenvalue weighted by molar-refractivity contribution is -1.02. The Bertz CT molecular complexity index is 912. The van der Waals surface area contributed by atoms with Crippen molar-refractivity contribution in [3.63, 3.8) is 0 Å². The van der Waals surface area contributed by atoms with Gasteiger partial charge in [-0.2, -0.15) is 0 Å². The van der Waals surface area contributed by atoms with Gasteiger partial charge in [-0.1, -0.05) is 18.2 Å². The minimum atomic E-state index is -3.55. The van der Waals surface area contributed by atoms with Crippen LogP contribution in [0.5, 0.6) is 11.5 Å². The van der Waals surface area contributed by atoms with Crippen molar-refractivity contribution in [1.82, 2.24) is 4.72 Å². The van der Waals surface area contributed by atoms with Crippen LogP contribution in [0.15, 0.2) is 53.4 Å². The molecule has 1 saturated heterocycles. The van der Waals surface area contributed by atoms with Gasteiger partial charge < -0.3 is 19.3 Å². The summed E-state index contributed by atoms with van der Waals surface area (Å²) in [5.41, 5.74) is 1.06. The zero-order chi connectivity index (χ0) is 19.6. The lowest BCUT2D eigenvalue weighted by atomic mass is 10.0. The fourth-order valence-electron chi connectivity index (χ4n) is 3.85. The minimum absolute atomic E-state index is 0.0149. The number of fused-ring (bicyclic) bond motifs is 1. The first-order valence-electron chi connectivity index (χ1n) is 9.63. The summed E-state index contributed by atoms with van der Waals surface area (Å²) in [6.07, 6.45) is 0. The maximum atomic E-state index is 12.7. The molecule has 0 bridgehead atoms. The maximum absolute atomic E-state index is 12.7. The molecule has 0 aliphatic carbocycles. The third-order valence-corrected chi connectivity index (χ3v) is 7.01. The molecule has 0 unspecified atom stereocenters. The van der Waals surface area contributed by atoms with E-state index < -0.39 is 10.0 Å². The fraction of sp³-hybridized carbons (Fsp3) is 0.400. The van der Waals surface area contributed by atoms with E-state index in [1.54, 1.807) is 24.3 Å². The van der Waals surface area contributed by atoms with E-state index in [2.05, 4.69) is 11.8 Å². The number of ether oxygens (including phenoxy) is 2. The van der Waals surface area contributed by atoms with Crippen LogP contribution in [0.2, 0.25) is 0 Å². The summed E-state index contributed by atoms with van der Waals surface area (Å²) in [5.74, 6) is 1.47. The molecule has 1 atom stereocenters. The highest BCUT2D eigenvalue weighted by molar-refractivity contribution is 7.89. The quantitative estimate of drug-likeness (QED) is 0.568. The van der Waals surface area contributed by atoms with Gasteiger partial charge >= 0.3 is 0 Å². The first kappa shape index (κ1) is 19.2. The molecule has 2 heterocycles. The molecule has 0 aromatic heterocycles. The zero-order valence-corrected chi connectivity index (χ0v) is 16.8. The van der Waals surface area contributed by atoms with Crippen LogP contribution in [0.4, 0.5) is 0 Å². The summed E-state index contributed by atoms with van der Waals surface area (Å²) in [6.45, 7) is 4.71. The highest BCUT2D eigenvalue weighted by Crippen LogP contribution is 2.33. The number of rotatable bonds is 6. The Morgan fingerprint density at radius 3 is 2.46 bits per heavy atom. The first-order chi connectivity index (χ1) is 13.5. The molecule has 0 saturated carbocycles. The van der Waals surface area contributed by atoms with Gasteiger partial charge in [0.1, 0.15) is 32.2 Å². The van der Waals surface area contributed by atoms with Crippen molar-refractivity contribution in [2.45, 2.75) is 10.9 Å². The largest absolute Gasteiger partial charge is 0.454 e. The normalized spacial score (nSPS) is 22.8. The van der Waals surface area contributed by atoms with Crippen LogP contribution < -0.4 is 24.0 Å². The van der Waals surface area contributed by atoms with Crippen molar-refractivity contribution in [3.05, 3.63) is 54.1 Å². The molecule has 2 aliphatic rings. The fourth-order valence-corrected chi connectivity index (χ4v) is 4.92. The van der Waals surface area contributed by atoms with Crippen LogP contribution in [0.3, 0.4) is 0 Å². The summed E-state index contributed by atoms with van der Waals surface area (Å²) >= 11 is 0. The molecule has 3 N–H and O–H groups in total. The van der Waals surface area contributed by atoms with Gasteiger partial charge in [-0.3, -0.25) is 0 Å². The number of sulfonamides is 1. The van der Waals surface area contributed by atoms with E-state index in [0.29, 0.717) is 6.54 Å². The van der Waals surface area contributed by atoms with Gasteiger partial charge in [0.15, 0.2) is 11.5 Å². The van der Waals surface area contributed by atoms with Crippen molar-refractivity contribution < 1.29 is 27.7 Å². The predicted octanol–water partition coefficient (Wildman–Crippen LogP) is -1.15. The lowest BCUT2D eigenvalue weighted by Gasteiger charge is -2.33. The Kier molecular flexibility index (Phi) is 5.54. The molecule has 8 heteroatoms. The second kappa shape index (κ2) is 8.08. The SMILES string of the molecule is C[NH+]1CC[NH+]([C@H](CNS(=O)(=O)c2ccccc2)c2ccc3c(c2)OCO3)CC1. The third-order valence-electron chi connectivity index (χ3n) is 5.57. The predicted molar refractivity (Wildman–Crippen MR) is 104 cm³/mol. The average molecular weight is 406 g/mol. The average Bonchev–Trinajstić information content (AvgIpc) is 3.18. The Morgan fingerprint density at radius 1 is 1.00 bits per heavy atom. The van der Waals surface area contributed by atoms with E-state index in [1.165, 1.54) is 9.80 Å². The number of quaternary nitrogens is 2. The number of hydrogen-bond donors (Lipinski definition) is 3. The van der Waals surface area contributed by atoms with Crippen LogP contribution in [0.1, 0.15) is 11.6 Å². The van der Waals surface area contributed by atoms with Crippen LogP contribution in [-0.2, 0) is 10.0 Å². The van der Waals surface area contributed by atoms with Crippen molar-refractivity contribution in [3.8, 4) is 11.5 Å². The van der Waals surface area contributed by atoms with Gasteiger partial charge in [-0.15, -0.1) is 0 Å². The molecule has 2 aromatic carbocycles. The molecule has 4 rings (SSSR count). The molecular formula is C20H27N3O4S+2. The van der Waals surface area contributed by atoms with Crippen LogP contribution in [-0.4, -0.2) is 55.0 Å². The Balaban J connectivity index is 1.56. The minimum Gasteiger partial charge on any atom is -0.454 e. The summed E-state index contributed by atoms with van der Waals surface area (Å²) in [7, 11) is -1.35. The third kappa shape index (κ3) is 4.15. The lowest BCUT2D eigenvalue weighted by Crippen LogP contribution is -3.27. The van der Waals surface area contributed by atoms with Gasteiger partial charge in [0.2, 0.25) is 16.8 Å². The highest BCUT2D eigenvalue weighted by Gasteiger charge is 2.31. The van der Waals surface area contributed by atoms with E-state index in [9.17, 15) is 8.42 Å². The molecule has 2 aliphatic heterocycles. The molecule has 0 amide bonds. The number of piperazine rings is 1. The molecular weight excluding hydrogens is 378 g/mol. The summed E-state index contributed by atoms with van der Waals surface area (Å²) in [5, 5.41) is 0. The smallest absolute Gasteiger partial charge is 0.240 e. The van der Waals surface area contributed by atoms with Gasteiger partial charge in [0.05, 0.1) is 18.5 Å². The maximum Gasteiger partial charge on any atom is 0.240 e. The van der Waals surface area contributed by atoms with E-state index in [-0.39, 0.29) is 17.7 Å². The van der Waals surface area contributed by atoms with Crippen molar-refractivity contribution in [1.29, 1.82) is 0 Å². The van der Waals surface area contributed by atoms with E-state index in [4.69, 9.17) is 9.47 Å². The van der Waals surface area contributed by atoms with E-state index in [1.807, 2.05) is 24.3 Å². The van der Waals surface area contributed by atoms with Gasteiger partial charge in [-0.25, -0.2) is 13.1 Å². The Hall–Kier alpha value is -2.13. The van der Waals surface area contributed by atoms with Crippen molar-refractivity contribution in [2.24, 2.45) is 0 Å². The molecule has 2 aromatic rings. The topological polar surface area (TPSA) is 73.5 Å². The molecule has 28 heavy (non-hydrogen) atoms. The number of benzene rings is 2. The summed E-state index contributed by atoms with van der Waals surface area (Å²) in [6, 6.07) is 14.4. The number of hydrogen-bond acceptors (Lipinski definition) is 4. The standard InChI is InChI=1S/C20H25N3O4S/c1-22-9-11-23(12-10-22)18(16-7-8-19-20(13-16)27-15-26-19)14-21-28(24,25)17-5-3-2-4-6-17/h2-8,13,18,21H,9-12,14-15H2,1H3/p+2/t18-/m1/s1. The highest BCUT2D eigenvalue weighted by atomic mass is 32.2. The van der Waals surface area contributed by atoms with Crippen LogP contribution in [0.25, 0.3) is 0 Å².